The van der Waals surface area contributed by atoms with E-state index in [1.807, 2.05) is 0 Å². The van der Waals surface area contributed by atoms with E-state index in [-0.39, 0.29) is 24.0 Å². The number of hydrogen-bond donors (Lipinski definition) is 3. The maximum Gasteiger partial charge on any atom is 0.337 e. The van der Waals surface area contributed by atoms with Gasteiger partial charge in [0.15, 0.2) is 6.10 Å². The van der Waals surface area contributed by atoms with Gasteiger partial charge in [0.1, 0.15) is 5.82 Å². The van der Waals surface area contributed by atoms with E-state index in [0.29, 0.717) is 0 Å². The number of aliphatic hydroxyl groups excluding tert-OH is 1. The molecule has 1 rings (SSSR count). The molecule has 0 aliphatic heterocycles. The first-order valence-corrected chi connectivity index (χ1v) is 4.83. The smallest absolute Gasteiger partial charge is 0.337 e. The summed E-state index contributed by atoms with van der Waals surface area (Å²) in [7, 11) is 0. The number of carboxylic acids is 2. The van der Waals surface area contributed by atoms with Crippen molar-refractivity contribution in [3.8, 4) is 0 Å². The summed E-state index contributed by atoms with van der Waals surface area (Å²) in [6.45, 7) is 0. The lowest BCUT2D eigenvalue weighted by Crippen LogP contribution is -2.13. The Morgan fingerprint density at radius 1 is 1.29 bits per heavy atom. The first kappa shape index (κ1) is 13.1. The SMILES string of the molecule is O=C(O)CCc1cccc(C(O)C(=O)O)c1F. The Morgan fingerprint density at radius 3 is 2.47 bits per heavy atom. The van der Waals surface area contributed by atoms with Crippen LogP contribution in [0.4, 0.5) is 4.39 Å². The van der Waals surface area contributed by atoms with E-state index in [1.165, 1.54) is 12.1 Å². The molecule has 1 aromatic carbocycles. The van der Waals surface area contributed by atoms with Gasteiger partial charge in [-0.25, -0.2) is 9.18 Å². The fourth-order valence-corrected chi connectivity index (χ4v) is 1.38. The summed E-state index contributed by atoms with van der Waals surface area (Å²) >= 11 is 0. The van der Waals surface area contributed by atoms with Gasteiger partial charge in [-0.2, -0.15) is 0 Å². The van der Waals surface area contributed by atoms with Crippen LogP contribution in [-0.4, -0.2) is 27.3 Å². The monoisotopic (exact) mass is 242 g/mol. The number of hydrogen-bond acceptors (Lipinski definition) is 3. The number of aliphatic carboxylic acids is 2. The lowest BCUT2D eigenvalue weighted by molar-refractivity contribution is -0.147. The van der Waals surface area contributed by atoms with Crippen LogP contribution in [0, 0.1) is 5.82 Å². The van der Waals surface area contributed by atoms with Crippen LogP contribution in [0.2, 0.25) is 0 Å². The highest BCUT2D eigenvalue weighted by atomic mass is 19.1. The Kier molecular flexibility index (Phi) is 4.17. The summed E-state index contributed by atoms with van der Waals surface area (Å²) in [5.74, 6) is -3.50. The first-order chi connectivity index (χ1) is 7.93. The molecule has 0 spiro atoms. The number of halogens is 1. The Hall–Kier alpha value is -1.95. The molecule has 0 aromatic heterocycles. The van der Waals surface area contributed by atoms with Gasteiger partial charge in [0.05, 0.1) is 0 Å². The minimum atomic E-state index is -1.94. The van der Waals surface area contributed by atoms with E-state index in [1.54, 1.807) is 0 Å². The fourth-order valence-electron chi connectivity index (χ4n) is 1.38. The molecule has 5 nitrogen and oxygen atoms in total. The molecule has 0 saturated carbocycles. The molecule has 0 bridgehead atoms. The van der Waals surface area contributed by atoms with E-state index in [4.69, 9.17) is 10.2 Å². The van der Waals surface area contributed by atoms with Crippen LogP contribution in [-0.2, 0) is 16.0 Å². The summed E-state index contributed by atoms with van der Waals surface area (Å²) in [5.41, 5.74) is -0.286. The standard InChI is InChI=1S/C11H11FO5/c12-9-6(4-5-8(13)14)2-1-3-7(9)10(15)11(16)17/h1-3,10,15H,4-5H2,(H,13,14)(H,16,17). The van der Waals surface area contributed by atoms with Gasteiger partial charge in [0.2, 0.25) is 0 Å². The Balaban J connectivity index is 2.98. The maximum absolute atomic E-state index is 13.7. The van der Waals surface area contributed by atoms with Crippen molar-refractivity contribution in [2.45, 2.75) is 18.9 Å². The third-order valence-corrected chi connectivity index (χ3v) is 2.25. The fraction of sp³-hybridized carbons (Fsp3) is 0.273. The number of rotatable bonds is 5. The van der Waals surface area contributed by atoms with Crippen molar-refractivity contribution in [1.29, 1.82) is 0 Å². The highest BCUT2D eigenvalue weighted by Crippen LogP contribution is 2.21. The van der Waals surface area contributed by atoms with Crippen molar-refractivity contribution in [2.24, 2.45) is 0 Å². The van der Waals surface area contributed by atoms with E-state index in [0.717, 1.165) is 6.07 Å². The number of aryl methyl sites for hydroxylation is 1. The van der Waals surface area contributed by atoms with Crippen molar-refractivity contribution in [1.82, 2.24) is 0 Å². The largest absolute Gasteiger partial charge is 0.481 e. The normalized spacial score (nSPS) is 12.1. The minimum Gasteiger partial charge on any atom is -0.481 e. The number of carbonyl (C=O) groups is 2. The third-order valence-electron chi connectivity index (χ3n) is 2.25. The molecule has 1 aromatic rings. The molecule has 0 amide bonds. The van der Waals surface area contributed by atoms with Crippen LogP contribution in [0.25, 0.3) is 0 Å². The van der Waals surface area contributed by atoms with Gasteiger partial charge in [-0.3, -0.25) is 4.79 Å². The Labute approximate surface area is 96.1 Å². The molecule has 17 heavy (non-hydrogen) atoms. The second-order valence-electron chi connectivity index (χ2n) is 3.45. The lowest BCUT2D eigenvalue weighted by atomic mass is 10.0. The maximum atomic E-state index is 13.7. The van der Waals surface area contributed by atoms with E-state index in [2.05, 4.69) is 0 Å². The predicted octanol–water partition coefficient (Wildman–Crippen LogP) is 0.961. The molecule has 6 heteroatoms. The molecule has 0 fully saturated rings. The Bertz CT molecular complexity index is 443. The highest BCUT2D eigenvalue weighted by molar-refractivity contribution is 5.74. The zero-order chi connectivity index (χ0) is 13.0. The molecule has 0 radical (unpaired) electrons. The Morgan fingerprint density at radius 2 is 1.94 bits per heavy atom. The quantitative estimate of drug-likeness (QED) is 0.714. The van der Waals surface area contributed by atoms with Crippen LogP contribution in [0.5, 0.6) is 0 Å². The van der Waals surface area contributed by atoms with Crippen LogP contribution in [0.15, 0.2) is 18.2 Å². The first-order valence-electron chi connectivity index (χ1n) is 4.83. The number of carboxylic acid groups (broad SMARTS) is 2. The third kappa shape index (κ3) is 3.25. The molecule has 1 atom stereocenters. The summed E-state index contributed by atoms with van der Waals surface area (Å²) in [4.78, 5) is 20.9. The van der Waals surface area contributed by atoms with Gasteiger partial charge >= 0.3 is 11.9 Å². The average molecular weight is 242 g/mol. The molecule has 92 valence electrons. The van der Waals surface area contributed by atoms with Crippen LogP contribution >= 0.6 is 0 Å². The van der Waals surface area contributed by atoms with Crippen molar-refractivity contribution in [3.63, 3.8) is 0 Å². The molecule has 3 N–H and O–H groups in total. The van der Waals surface area contributed by atoms with E-state index >= 15 is 0 Å². The van der Waals surface area contributed by atoms with Crippen LogP contribution in [0.3, 0.4) is 0 Å². The molecule has 0 saturated heterocycles. The molecule has 1 unspecified atom stereocenters. The minimum absolute atomic E-state index is 0.0542. The summed E-state index contributed by atoms with van der Waals surface area (Å²) in [5, 5.41) is 26.2. The van der Waals surface area contributed by atoms with Gasteiger partial charge in [-0.1, -0.05) is 18.2 Å². The van der Waals surface area contributed by atoms with E-state index in [9.17, 15) is 19.1 Å². The van der Waals surface area contributed by atoms with Crippen LogP contribution in [0.1, 0.15) is 23.7 Å². The predicted molar refractivity (Wildman–Crippen MR) is 55.0 cm³/mol. The van der Waals surface area contributed by atoms with Crippen molar-refractivity contribution in [2.75, 3.05) is 0 Å². The molecular weight excluding hydrogens is 231 g/mol. The van der Waals surface area contributed by atoms with E-state index < -0.39 is 23.9 Å². The second-order valence-corrected chi connectivity index (χ2v) is 3.45. The van der Waals surface area contributed by atoms with Crippen molar-refractivity contribution in [3.05, 3.63) is 35.1 Å². The molecule has 0 aliphatic rings. The zero-order valence-electron chi connectivity index (χ0n) is 8.76. The number of benzene rings is 1. The molecular formula is C11H11FO5. The number of aliphatic hydroxyl groups is 1. The summed E-state index contributed by atoms with van der Waals surface area (Å²) < 4.78 is 13.7. The van der Waals surface area contributed by atoms with Crippen molar-refractivity contribution >= 4 is 11.9 Å². The highest BCUT2D eigenvalue weighted by Gasteiger charge is 2.21. The topological polar surface area (TPSA) is 94.8 Å². The lowest BCUT2D eigenvalue weighted by Gasteiger charge is -2.10. The van der Waals surface area contributed by atoms with Crippen molar-refractivity contribution < 1.29 is 29.3 Å². The van der Waals surface area contributed by atoms with Gasteiger partial charge in [-0.15, -0.1) is 0 Å². The summed E-state index contributed by atoms with van der Waals surface area (Å²) in [6.07, 6.45) is -2.26. The van der Waals surface area contributed by atoms with Gasteiger partial charge in [-0.05, 0) is 12.0 Å². The second kappa shape index (κ2) is 5.40. The van der Waals surface area contributed by atoms with Crippen LogP contribution < -0.4 is 0 Å². The molecule has 0 heterocycles. The van der Waals surface area contributed by atoms with Gasteiger partial charge in [0, 0.05) is 12.0 Å². The molecule has 0 aliphatic carbocycles. The summed E-state index contributed by atoms with van der Waals surface area (Å²) in [6, 6.07) is 3.89. The van der Waals surface area contributed by atoms with Gasteiger partial charge in [0.25, 0.3) is 0 Å². The zero-order valence-corrected chi connectivity index (χ0v) is 8.76. The average Bonchev–Trinajstić information content (AvgIpc) is 2.26. The van der Waals surface area contributed by atoms with Gasteiger partial charge < -0.3 is 15.3 Å².